The molecular weight excluding hydrogens is 526 g/mol. The molecule has 0 radical (unpaired) electrons. The van der Waals surface area contributed by atoms with E-state index in [0.29, 0.717) is 30.9 Å². The monoisotopic (exact) mass is 565 g/mol. The van der Waals surface area contributed by atoms with Gasteiger partial charge in [-0.15, -0.1) is 0 Å². The van der Waals surface area contributed by atoms with Crippen molar-refractivity contribution in [3.63, 3.8) is 0 Å². The van der Waals surface area contributed by atoms with E-state index in [4.69, 9.17) is 16.3 Å². The Hall–Kier alpha value is -2.78. The average Bonchev–Trinajstić information content (AvgIpc) is 2.85. The third-order valence-electron chi connectivity index (χ3n) is 6.25. The van der Waals surface area contributed by atoms with Gasteiger partial charge in [0, 0.05) is 26.1 Å². The van der Waals surface area contributed by atoms with E-state index >= 15 is 0 Å². The normalized spacial score (nSPS) is 12.2. The van der Waals surface area contributed by atoms with Crippen LogP contribution in [0.3, 0.4) is 0 Å². The summed E-state index contributed by atoms with van der Waals surface area (Å²) in [6.45, 7) is 8.79. The lowest BCUT2D eigenvalue weighted by Gasteiger charge is -2.31. The standard InChI is InChI=1S/C28H40ClN3O5S/c1-7-25(28(34)30-18-20(2)3)31(19-22-12-9-8-11-21(22)4)27(33)13-10-16-32(38(6,35)36)23-14-15-26(37-5)24(29)17-23/h8-9,11-12,14-15,17,20,25H,7,10,13,16,18-19H2,1-6H3,(H,30,34). The van der Waals surface area contributed by atoms with Crippen molar-refractivity contribution in [2.45, 2.75) is 59.5 Å². The Balaban J connectivity index is 2.24. The van der Waals surface area contributed by atoms with Gasteiger partial charge in [0.2, 0.25) is 21.8 Å². The van der Waals surface area contributed by atoms with Gasteiger partial charge in [0.25, 0.3) is 0 Å². The van der Waals surface area contributed by atoms with Gasteiger partial charge < -0.3 is 15.0 Å². The molecule has 0 aliphatic heterocycles. The zero-order valence-corrected chi connectivity index (χ0v) is 24.7. The molecule has 10 heteroatoms. The van der Waals surface area contributed by atoms with Crippen LogP contribution in [0.15, 0.2) is 42.5 Å². The van der Waals surface area contributed by atoms with Crippen LogP contribution in [0.1, 0.15) is 51.2 Å². The second-order valence-corrected chi connectivity index (χ2v) is 12.1. The fraction of sp³-hybridized carbons (Fsp3) is 0.500. The van der Waals surface area contributed by atoms with E-state index in [1.54, 1.807) is 17.0 Å². The summed E-state index contributed by atoms with van der Waals surface area (Å²) in [5.74, 6) is 0.326. The topological polar surface area (TPSA) is 96.0 Å². The quantitative estimate of drug-likeness (QED) is 0.355. The molecule has 38 heavy (non-hydrogen) atoms. The van der Waals surface area contributed by atoms with E-state index < -0.39 is 16.1 Å². The first kappa shape index (κ1) is 31.4. The maximum atomic E-state index is 13.5. The predicted octanol–water partition coefficient (Wildman–Crippen LogP) is 4.78. The van der Waals surface area contributed by atoms with Gasteiger partial charge >= 0.3 is 0 Å². The molecule has 2 amide bonds. The minimum atomic E-state index is -3.63. The smallest absolute Gasteiger partial charge is 0.242 e. The van der Waals surface area contributed by atoms with Gasteiger partial charge in [-0.3, -0.25) is 13.9 Å². The third kappa shape index (κ3) is 8.91. The van der Waals surface area contributed by atoms with Crippen LogP contribution in [-0.2, 0) is 26.2 Å². The highest BCUT2D eigenvalue weighted by atomic mass is 35.5. The molecule has 1 unspecified atom stereocenters. The van der Waals surface area contributed by atoms with Gasteiger partial charge in [-0.25, -0.2) is 8.42 Å². The van der Waals surface area contributed by atoms with Crippen molar-refractivity contribution in [3.8, 4) is 5.75 Å². The van der Waals surface area contributed by atoms with E-state index in [0.717, 1.165) is 17.4 Å². The number of amides is 2. The summed E-state index contributed by atoms with van der Waals surface area (Å²) in [7, 11) is -2.15. The average molecular weight is 566 g/mol. The highest BCUT2D eigenvalue weighted by molar-refractivity contribution is 7.92. The largest absolute Gasteiger partial charge is 0.495 e. The number of carbonyl (C=O) groups excluding carboxylic acids is 2. The number of benzene rings is 2. The lowest BCUT2D eigenvalue weighted by atomic mass is 10.0. The summed E-state index contributed by atoms with van der Waals surface area (Å²) in [6, 6.07) is 11.9. The van der Waals surface area contributed by atoms with Crippen molar-refractivity contribution >= 4 is 39.1 Å². The van der Waals surface area contributed by atoms with Crippen molar-refractivity contribution in [2.24, 2.45) is 5.92 Å². The Morgan fingerprint density at radius 2 is 1.82 bits per heavy atom. The lowest BCUT2D eigenvalue weighted by molar-refractivity contribution is -0.141. The van der Waals surface area contributed by atoms with Crippen molar-refractivity contribution in [3.05, 3.63) is 58.6 Å². The van der Waals surface area contributed by atoms with Crippen LogP contribution in [-0.4, -0.2) is 57.6 Å². The Bertz CT molecular complexity index is 1200. The Labute approximate surface area is 232 Å². The van der Waals surface area contributed by atoms with E-state index in [1.165, 1.54) is 17.5 Å². The van der Waals surface area contributed by atoms with Crippen LogP contribution in [0.2, 0.25) is 5.02 Å². The summed E-state index contributed by atoms with van der Waals surface area (Å²) < 4.78 is 31.5. The second-order valence-electron chi connectivity index (χ2n) is 9.77. The predicted molar refractivity (Wildman–Crippen MR) is 153 cm³/mol. The van der Waals surface area contributed by atoms with Crippen LogP contribution >= 0.6 is 11.6 Å². The highest BCUT2D eigenvalue weighted by Gasteiger charge is 2.29. The van der Waals surface area contributed by atoms with Crippen LogP contribution in [0.4, 0.5) is 5.69 Å². The number of methoxy groups -OCH3 is 1. The Morgan fingerprint density at radius 3 is 2.37 bits per heavy atom. The van der Waals surface area contributed by atoms with E-state index in [-0.39, 0.29) is 42.1 Å². The molecule has 0 heterocycles. The van der Waals surface area contributed by atoms with Gasteiger partial charge in [-0.05, 0) is 55.0 Å². The molecule has 8 nitrogen and oxygen atoms in total. The molecule has 210 valence electrons. The first-order chi connectivity index (χ1) is 17.9. The van der Waals surface area contributed by atoms with Crippen LogP contribution in [0.25, 0.3) is 0 Å². The maximum Gasteiger partial charge on any atom is 0.242 e. The number of hydrogen-bond donors (Lipinski definition) is 1. The number of nitrogens with one attached hydrogen (secondary N) is 1. The van der Waals surface area contributed by atoms with Gasteiger partial charge in [-0.1, -0.05) is 56.6 Å². The SMILES string of the molecule is CCC(C(=O)NCC(C)C)N(Cc1ccccc1C)C(=O)CCCN(c1ccc(OC)c(Cl)c1)S(C)(=O)=O. The molecule has 2 aromatic rings. The number of ether oxygens (including phenoxy) is 1. The lowest BCUT2D eigenvalue weighted by Crippen LogP contribution is -2.49. The zero-order chi connectivity index (χ0) is 28.5. The first-order valence-corrected chi connectivity index (χ1v) is 15.0. The molecule has 2 rings (SSSR count). The number of aryl methyl sites for hydroxylation is 1. The van der Waals surface area contributed by atoms with Crippen molar-refractivity contribution in [2.75, 3.05) is 30.8 Å². The molecule has 0 spiro atoms. The van der Waals surface area contributed by atoms with Crippen LogP contribution in [0.5, 0.6) is 5.75 Å². The van der Waals surface area contributed by atoms with Crippen molar-refractivity contribution in [1.82, 2.24) is 10.2 Å². The number of hydrogen-bond acceptors (Lipinski definition) is 5. The second kappa shape index (κ2) is 14.4. The molecule has 0 fully saturated rings. The molecular formula is C28H40ClN3O5S. The molecule has 2 aromatic carbocycles. The number of anilines is 1. The van der Waals surface area contributed by atoms with Gasteiger partial charge in [0.15, 0.2) is 0 Å². The minimum absolute atomic E-state index is 0.0791. The van der Waals surface area contributed by atoms with Crippen LogP contribution in [0, 0.1) is 12.8 Å². The third-order valence-corrected chi connectivity index (χ3v) is 7.74. The van der Waals surface area contributed by atoms with Crippen molar-refractivity contribution < 1.29 is 22.7 Å². The van der Waals surface area contributed by atoms with Crippen LogP contribution < -0.4 is 14.4 Å². The molecule has 0 saturated carbocycles. The van der Waals surface area contributed by atoms with E-state index in [1.807, 2.05) is 52.0 Å². The molecule has 0 saturated heterocycles. The molecule has 0 aromatic heterocycles. The number of nitrogens with zero attached hydrogens (tertiary/aromatic N) is 2. The number of sulfonamides is 1. The fourth-order valence-electron chi connectivity index (χ4n) is 4.13. The summed E-state index contributed by atoms with van der Waals surface area (Å²) in [5.41, 5.74) is 2.38. The summed E-state index contributed by atoms with van der Waals surface area (Å²) >= 11 is 6.22. The summed E-state index contributed by atoms with van der Waals surface area (Å²) in [5, 5.41) is 3.25. The van der Waals surface area contributed by atoms with E-state index in [2.05, 4.69) is 5.32 Å². The molecule has 1 N–H and O–H groups in total. The maximum absolute atomic E-state index is 13.5. The van der Waals surface area contributed by atoms with Crippen molar-refractivity contribution in [1.29, 1.82) is 0 Å². The van der Waals surface area contributed by atoms with Gasteiger partial charge in [0.1, 0.15) is 11.8 Å². The Morgan fingerprint density at radius 1 is 1.13 bits per heavy atom. The minimum Gasteiger partial charge on any atom is -0.495 e. The van der Waals surface area contributed by atoms with E-state index in [9.17, 15) is 18.0 Å². The number of rotatable bonds is 14. The molecule has 0 bridgehead atoms. The Kier molecular flexibility index (Phi) is 11.9. The molecule has 0 aliphatic carbocycles. The van der Waals surface area contributed by atoms with Gasteiger partial charge in [-0.2, -0.15) is 0 Å². The number of halogens is 1. The first-order valence-electron chi connectivity index (χ1n) is 12.8. The number of carbonyl (C=O) groups is 2. The molecule has 0 aliphatic rings. The van der Waals surface area contributed by atoms with Gasteiger partial charge in [0.05, 0.1) is 24.1 Å². The highest BCUT2D eigenvalue weighted by Crippen LogP contribution is 2.30. The summed E-state index contributed by atoms with van der Waals surface area (Å²) in [4.78, 5) is 28.2. The fourth-order valence-corrected chi connectivity index (χ4v) is 5.34. The molecule has 1 atom stereocenters. The zero-order valence-electron chi connectivity index (χ0n) is 23.2. The summed E-state index contributed by atoms with van der Waals surface area (Å²) in [6.07, 6.45) is 1.92.